The second-order valence-electron chi connectivity index (χ2n) is 6.65. The van der Waals surface area contributed by atoms with E-state index >= 15 is 0 Å². The maximum absolute atomic E-state index is 12.6. The van der Waals surface area contributed by atoms with E-state index in [0.29, 0.717) is 12.3 Å². The molecule has 1 aromatic carbocycles. The van der Waals surface area contributed by atoms with Crippen LogP contribution in [0.1, 0.15) is 53.4 Å². The topological polar surface area (TPSA) is 49.4 Å². The van der Waals surface area contributed by atoms with E-state index in [2.05, 4.69) is 11.4 Å². The Labute approximate surface area is 146 Å². The Kier molecular flexibility index (Phi) is 4.35. The van der Waals surface area contributed by atoms with Crippen LogP contribution in [-0.4, -0.2) is 35.1 Å². The number of nitrogens with zero attached hydrogens (tertiary/aromatic N) is 1. The Hall–Kier alpha value is -1.75. The van der Waals surface area contributed by atoms with Crippen molar-refractivity contribution >= 4 is 23.6 Å². The fraction of sp³-hybridized carbons (Fsp3) is 0.474. The number of benzene rings is 1. The first-order chi connectivity index (χ1) is 11.8. The first kappa shape index (κ1) is 15.8. The molecule has 4 rings (SSSR count). The molecule has 0 saturated carbocycles. The van der Waals surface area contributed by atoms with Crippen LogP contribution >= 0.6 is 11.8 Å². The molecule has 0 bridgehead atoms. The average Bonchev–Trinajstić information content (AvgIpc) is 3.17. The first-order valence-corrected chi connectivity index (χ1v) is 9.79. The van der Waals surface area contributed by atoms with Crippen LogP contribution in [0, 0.1) is 0 Å². The molecule has 24 heavy (non-hydrogen) atoms. The smallest absolute Gasteiger partial charge is 0.256 e. The molecule has 1 unspecified atom stereocenters. The Morgan fingerprint density at radius 2 is 2.17 bits per heavy atom. The fourth-order valence-electron chi connectivity index (χ4n) is 3.84. The quantitative estimate of drug-likeness (QED) is 0.855. The molecule has 1 N–H and O–H groups in total. The average molecular weight is 342 g/mol. The molecule has 5 heteroatoms. The highest BCUT2D eigenvalue weighted by atomic mass is 32.2. The number of amides is 2. The summed E-state index contributed by atoms with van der Waals surface area (Å²) in [6.07, 6.45) is 8.14. The second kappa shape index (κ2) is 6.63. The zero-order chi connectivity index (χ0) is 16.5. The molecule has 2 amide bonds. The molecule has 3 aliphatic rings. The molecule has 2 heterocycles. The summed E-state index contributed by atoms with van der Waals surface area (Å²) in [5.74, 6) is 0.664. The van der Waals surface area contributed by atoms with E-state index in [0.717, 1.165) is 24.0 Å². The van der Waals surface area contributed by atoms with E-state index in [-0.39, 0.29) is 23.2 Å². The van der Waals surface area contributed by atoms with Gasteiger partial charge in [-0.2, -0.15) is 0 Å². The third-order valence-electron chi connectivity index (χ3n) is 5.13. The maximum atomic E-state index is 12.6. The van der Waals surface area contributed by atoms with Gasteiger partial charge in [0.15, 0.2) is 0 Å². The Morgan fingerprint density at radius 1 is 1.29 bits per heavy atom. The van der Waals surface area contributed by atoms with Crippen molar-refractivity contribution in [1.82, 2.24) is 10.2 Å². The highest BCUT2D eigenvalue weighted by molar-refractivity contribution is 7.99. The van der Waals surface area contributed by atoms with Gasteiger partial charge in [-0.05, 0) is 43.7 Å². The number of thioether (sulfide) groups is 1. The lowest BCUT2D eigenvalue weighted by Crippen LogP contribution is -2.46. The molecule has 2 atom stereocenters. The second-order valence-corrected chi connectivity index (χ2v) is 7.76. The molecule has 1 saturated heterocycles. The maximum Gasteiger partial charge on any atom is 0.256 e. The number of allylic oxidation sites excluding steroid dienone is 1. The molecule has 1 aromatic rings. The van der Waals surface area contributed by atoms with Crippen LogP contribution in [0.5, 0.6) is 0 Å². The SMILES string of the molecule is O=C(NCCC1=CCCCC1)[C@@H]1CSC2c3ccccc3C(=O)N21. The molecule has 0 radical (unpaired) electrons. The minimum Gasteiger partial charge on any atom is -0.354 e. The third kappa shape index (κ3) is 2.75. The summed E-state index contributed by atoms with van der Waals surface area (Å²) in [7, 11) is 0. The van der Waals surface area contributed by atoms with Crippen LogP contribution in [0.3, 0.4) is 0 Å². The summed E-state index contributed by atoms with van der Waals surface area (Å²) < 4.78 is 0. The van der Waals surface area contributed by atoms with Crippen molar-refractivity contribution in [2.24, 2.45) is 0 Å². The van der Waals surface area contributed by atoms with E-state index in [9.17, 15) is 9.59 Å². The van der Waals surface area contributed by atoms with Crippen LogP contribution in [0.2, 0.25) is 0 Å². The largest absolute Gasteiger partial charge is 0.354 e. The van der Waals surface area contributed by atoms with Gasteiger partial charge in [0, 0.05) is 17.9 Å². The number of hydrogen-bond donors (Lipinski definition) is 1. The van der Waals surface area contributed by atoms with Crippen molar-refractivity contribution < 1.29 is 9.59 Å². The summed E-state index contributed by atoms with van der Waals surface area (Å²) >= 11 is 1.69. The number of nitrogens with one attached hydrogen (secondary N) is 1. The molecule has 1 aliphatic carbocycles. The highest BCUT2D eigenvalue weighted by Gasteiger charge is 2.48. The standard InChI is InChI=1S/C19H22N2O2S/c22-17(20-11-10-13-6-2-1-3-7-13)16-12-24-19-15-9-5-4-8-14(15)18(23)21(16)19/h4-6,8-9,16,19H,1-3,7,10-12H2,(H,20,22)/t16-,19?/m0/s1. The normalized spacial score (nSPS) is 25.2. The van der Waals surface area contributed by atoms with Crippen molar-refractivity contribution in [3.05, 3.63) is 47.0 Å². The monoisotopic (exact) mass is 342 g/mol. The molecular weight excluding hydrogens is 320 g/mol. The minimum atomic E-state index is -0.347. The van der Waals surface area contributed by atoms with Crippen molar-refractivity contribution in [3.8, 4) is 0 Å². The van der Waals surface area contributed by atoms with Gasteiger partial charge < -0.3 is 10.2 Å². The minimum absolute atomic E-state index is 0.00395. The van der Waals surface area contributed by atoms with Gasteiger partial charge in [0.25, 0.3) is 5.91 Å². The summed E-state index contributed by atoms with van der Waals surface area (Å²) in [5, 5.41) is 3.05. The zero-order valence-corrected chi connectivity index (χ0v) is 14.5. The van der Waals surface area contributed by atoms with E-state index in [1.54, 1.807) is 16.7 Å². The molecule has 126 valence electrons. The number of fused-ring (bicyclic) bond motifs is 3. The lowest BCUT2D eigenvalue weighted by Gasteiger charge is -2.23. The van der Waals surface area contributed by atoms with Crippen molar-refractivity contribution in [1.29, 1.82) is 0 Å². The number of carbonyl (C=O) groups excluding carboxylic acids is 2. The molecule has 0 aromatic heterocycles. The van der Waals surface area contributed by atoms with Crippen molar-refractivity contribution in [2.75, 3.05) is 12.3 Å². The number of hydrogen-bond acceptors (Lipinski definition) is 3. The molecule has 1 fully saturated rings. The summed E-state index contributed by atoms with van der Waals surface area (Å²) in [4.78, 5) is 27.0. The highest BCUT2D eigenvalue weighted by Crippen LogP contribution is 2.47. The molecular formula is C19H22N2O2S. The van der Waals surface area contributed by atoms with E-state index in [1.165, 1.54) is 24.8 Å². The van der Waals surface area contributed by atoms with E-state index in [1.807, 2.05) is 24.3 Å². The Morgan fingerprint density at radius 3 is 3.00 bits per heavy atom. The van der Waals surface area contributed by atoms with Crippen LogP contribution in [0.15, 0.2) is 35.9 Å². The van der Waals surface area contributed by atoms with Crippen LogP contribution in [-0.2, 0) is 4.79 Å². The summed E-state index contributed by atoms with van der Waals surface area (Å²) in [6.45, 7) is 0.672. The van der Waals surface area contributed by atoms with E-state index < -0.39 is 0 Å². The summed E-state index contributed by atoms with van der Waals surface area (Å²) in [5.41, 5.74) is 3.26. The molecule has 2 aliphatic heterocycles. The third-order valence-corrected chi connectivity index (χ3v) is 6.43. The zero-order valence-electron chi connectivity index (χ0n) is 13.7. The van der Waals surface area contributed by atoms with Gasteiger partial charge in [-0.15, -0.1) is 11.8 Å². The summed E-state index contributed by atoms with van der Waals surface area (Å²) in [6, 6.07) is 7.36. The number of rotatable bonds is 4. The Bertz CT molecular complexity index is 700. The molecule has 4 nitrogen and oxygen atoms in total. The lowest BCUT2D eigenvalue weighted by atomic mass is 9.97. The van der Waals surface area contributed by atoms with Gasteiger partial charge in [-0.3, -0.25) is 9.59 Å². The van der Waals surface area contributed by atoms with Gasteiger partial charge in [0.05, 0.1) is 0 Å². The predicted octanol–water partition coefficient (Wildman–Crippen LogP) is 3.26. The van der Waals surface area contributed by atoms with Crippen LogP contribution in [0.4, 0.5) is 0 Å². The Balaban J connectivity index is 1.38. The lowest BCUT2D eigenvalue weighted by molar-refractivity contribution is -0.124. The van der Waals surface area contributed by atoms with Crippen LogP contribution in [0.25, 0.3) is 0 Å². The van der Waals surface area contributed by atoms with E-state index in [4.69, 9.17) is 0 Å². The fourth-order valence-corrected chi connectivity index (χ4v) is 5.30. The van der Waals surface area contributed by atoms with Gasteiger partial charge in [-0.25, -0.2) is 0 Å². The predicted molar refractivity (Wildman–Crippen MR) is 95.8 cm³/mol. The molecule has 0 spiro atoms. The van der Waals surface area contributed by atoms with Crippen molar-refractivity contribution in [3.63, 3.8) is 0 Å². The van der Waals surface area contributed by atoms with Gasteiger partial charge in [0.1, 0.15) is 11.4 Å². The first-order valence-electron chi connectivity index (χ1n) is 8.74. The van der Waals surface area contributed by atoms with Gasteiger partial charge >= 0.3 is 0 Å². The van der Waals surface area contributed by atoms with Gasteiger partial charge in [-0.1, -0.05) is 29.8 Å². The number of carbonyl (C=O) groups is 2. The van der Waals surface area contributed by atoms with Gasteiger partial charge in [0.2, 0.25) is 5.91 Å². The van der Waals surface area contributed by atoms with Crippen LogP contribution < -0.4 is 5.32 Å². The van der Waals surface area contributed by atoms with Crippen molar-refractivity contribution in [2.45, 2.75) is 43.5 Å².